The molecule has 7 nitrogen and oxygen atoms in total. The van der Waals surface area contributed by atoms with E-state index in [2.05, 4.69) is 20.9 Å². The lowest BCUT2D eigenvalue weighted by Gasteiger charge is -2.20. The second kappa shape index (κ2) is 6.62. The highest BCUT2D eigenvalue weighted by Gasteiger charge is 2.34. The maximum Gasteiger partial charge on any atom is 0.267 e. The lowest BCUT2D eigenvalue weighted by molar-refractivity contribution is -0.130. The van der Waals surface area contributed by atoms with Gasteiger partial charge in [0.1, 0.15) is 5.69 Å². The number of carbonyl (C=O) groups excluding carboxylic acids is 2. The first-order valence-electron chi connectivity index (χ1n) is 6.88. The van der Waals surface area contributed by atoms with Crippen molar-refractivity contribution in [2.24, 2.45) is 11.7 Å². The molecule has 1 aromatic rings. The molecule has 1 aromatic heterocycles. The third-order valence-corrected chi connectivity index (χ3v) is 4.38. The number of rotatable bonds is 4. The quantitative estimate of drug-likeness (QED) is 0.789. The van der Waals surface area contributed by atoms with E-state index >= 15 is 0 Å². The van der Waals surface area contributed by atoms with Crippen LogP contribution in [0.5, 0.6) is 0 Å². The van der Waals surface area contributed by atoms with Crippen LogP contribution in [0.3, 0.4) is 0 Å². The highest BCUT2D eigenvalue weighted by Crippen LogP contribution is 2.32. The van der Waals surface area contributed by atoms with Crippen LogP contribution in [0.4, 0.5) is 5.69 Å². The van der Waals surface area contributed by atoms with Crippen LogP contribution < -0.4 is 10.6 Å². The normalized spacial score (nSPS) is 21.0. The molecule has 22 heavy (non-hydrogen) atoms. The number of carbonyl (C=O) groups is 2. The lowest BCUT2D eigenvalue weighted by atomic mass is 10.0. The number of aliphatic hydroxyl groups excluding tert-OH is 1. The Morgan fingerprint density at radius 3 is 2.77 bits per heavy atom. The molecule has 0 spiro atoms. The number of amides is 2. The summed E-state index contributed by atoms with van der Waals surface area (Å²) in [5.74, 6) is -0.766. The summed E-state index contributed by atoms with van der Waals surface area (Å²) in [5, 5.41) is 10.2. The molecule has 2 atom stereocenters. The largest absolute Gasteiger partial charge is 0.391 e. The fourth-order valence-corrected chi connectivity index (χ4v) is 2.93. The maximum atomic E-state index is 11.8. The number of aliphatic hydroxyl groups is 1. The summed E-state index contributed by atoms with van der Waals surface area (Å²) >= 11 is 3.39. The van der Waals surface area contributed by atoms with Crippen LogP contribution in [0.15, 0.2) is 16.7 Å². The van der Waals surface area contributed by atoms with E-state index in [1.54, 1.807) is 20.2 Å². The van der Waals surface area contributed by atoms with Gasteiger partial charge < -0.3 is 20.6 Å². The Balaban J connectivity index is 2.16. The van der Waals surface area contributed by atoms with Crippen LogP contribution in [-0.2, 0) is 4.79 Å². The van der Waals surface area contributed by atoms with Gasteiger partial charge in [0.25, 0.3) is 5.91 Å². The zero-order chi connectivity index (χ0) is 16.4. The van der Waals surface area contributed by atoms with Gasteiger partial charge in [-0.1, -0.05) is 0 Å². The number of anilines is 1. The summed E-state index contributed by atoms with van der Waals surface area (Å²) in [6.07, 6.45) is 1.21. The second-order valence-corrected chi connectivity index (χ2v) is 6.46. The first-order chi connectivity index (χ1) is 10.3. The van der Waals surface area contributed by atoms with Crippen LogP contribution >= 0.6 is 15.9 Å². The summed E-state index contributed by atoms with van der Waals surface area (Å²) in [4.78, 5) is 30.5. The van der Waals surface area contributed by atoms with E-state index in [0.717, 1.165) is 5.69 Å². The molecule has 3 N–H and O–H groups in total. The number of hydrogen-bond donors (Lipinski definition) is 2. The lowest BCUT2D eigenvalue weighted by Crippen LogP contribution is -2.28. The van der Waals surface area contributed by atoms with Crippen molar-refractivity contribution in [2.75, 3.05) is 32.1 Å². The fourth-order valence-electron chi connectivity index (χ4n) is 2.46. The van der Waals surface area contributed by atoms with Crippen molar-refractivity contribution in [3.63, 3.8) is 0 Å². The average molecular weight is 371 g/mol. The van der Waals surface area contributed by atoms with Gasteiger partial charge >= 0.3 is 0 Å². The van der Waals surface area contributed by atoms with Gasteiger partial charge in [-0.15, -0.1) is 0 Å². The molecule has 0 aromatic carbocycles. The molecule has 120 valence electrons. The molecule has 2 amide bonds. The third kappa shape index (κ3) is 3.56. The van der Waals surface area contributed by atoms with E-state index in [1.807, 2.05) is 4.90 Å². The highest BCUT2D eigenvalue weighted by atomic mass is 79.9. The van der Waals surface area contributed by atoms with Crippen molar-refractivity contribution in [1.29, 1.82) is 0 Å². The average Bonchev–Trinajstić information content (AvgIpc) is 2.80. The van der Waals surface area contributed by atoms with E-state index < -0.39 is 12.0 Å². The fraction of sp³-hybridized carbons (Fsp3) is 0.500. The predicted octanol–water partition coefficient (Wildman–Crippen LogP) is 0.218. The summed E-state index contributed by atoms with van der Waals surface area (Å²) in [5.41, 5.74) is 6.16. The van der Waals surface area contributed by atoms with Gasteiger partial charge in [-0.05, 0) is 22.0 Å². The second-order valence-electron chi connectivity index (χ2n) is 5.61. The zero-order valence-corrected chi connectivity index (χ0v) is 14.1. The molecule has 2 heterocycles. The van der Waals surface area contributed by atoms with Crippen molar-refractivity contribution in [2.45, 2.75) is 12.5 Å². The SMILES string of the molecule is CN(C)C(=O)C[C@@H]1CN(c2cc(C(N)=O)ncc2Br)C[C@H]1O. The third-order valence-electron chi connectivity index (χ3n) is 3.77. The van der Waals surface area contributed by atoms with Crippen molar-refractivity contribution in [3.8, 4) is 0 Å². The Labute approximate surface area is 137 Å². The standard InChI is InChI=1S/C14H19BrN4O3/c1-18(2)13(21)3-8-6-19(7-12(8)20)11-4-10(14(16)22)17-5-9(11)15/h4-5,8,12,20H,3,6-7H2,1-2H3,(H2,16,22)/t8-,12-/m1/s1. The van der Waals surface area contributed by atoms with Gasteiger partial charge in [-0.3, -0.25) is 9.59 Å². The van der Waals surface area contributed by atoms with Gasteiger partial charge in [-0.2, -0.15) is 0 Å². The van der Waals surface area contributed by atoms with Crippen LogP contribution in [0.2, 0.25) is 0 Å². The number of primary amides is 1. The van der Waals surface area contributed by atoms with Gasteiger partial charge in [0.2, 0.25) is 5.91 Å². The first kappa shape index (κ1) is 16.7. The number of hydrogen-bond acceptors (Lipinski definition) is 5. The topological polar surface area (TPSA) is 99.8 Å². The van der Waals surface area contributed by atoms with Crippen molar-refractivity contribution >= 4 is 33.4 Å². The molecular weight excluding hydrogens is 352 g/mol. The molecule has 0 bridgehead atoms. The smallest absolute Gasteiger partial charge is 0.267 e. The molecule has 0 radical (unpaired) electrons. The molecule has 0 unspecified atom stereocenters. The molecule has 0 aliphatic carbocycles. The van der Waals surface area contributed by atoms with E-state index in [-0.39, 0.29) is 23.9 Å². The maximum absolute atomic E-state index is 11.8. The van der Waals surface area contributed by atoms with Crippen LogP contribution in [0.25, 0.3) is 0 Å². The molecule has 0 saturated carbocycles. The van der Waals surface area contributed by atoms with Gasteiger partial charge in [-0.25, -0.2) is 4.98 Å². The number of pyridine rings is 1. The molecule has 1 saturated heterocycles. The van der Waals surface area contributed by atoms with Crippen molar-refractivity contribution in [3.05, 3.63) is 22.4 Å². The van der Waals surface area contributed by atoms with E-state index in [1.165, 1.54) is 11.1 Å². The van der Waals surface area contributed by atoms with Crippen molar-refractivity contribution in [1.82, 2.24) is 9.88 Å². The van der Waals surface area contributed by atoms with E-state index in [0.29, 0.717) is 17.6 Å². The number of β-amino-alcohol motifs (C(OH)–C–C–N with tert-alkyl or cyclic N) is 1. The highest BCUT2D eigenvalue weighted by molar-refractivity contribution is 9.10. The monoisotopic (exact) mass is 370 g/mol. The predicted molar refractivity (Wildman–Crippen MR) is 85.5 cm³/mol. The molecule has 8 heteroatoms. The number of nitrogens with two attached hydrogens (primary N) is 1. The van der Waals surface area contributed by atoms with Gasteiger partial charge in [0.05, 0.1) is 16.3 Å². The Kier molecular flexibility index (Phi) is 5.02. The van der Waals surface area contributed by atoms with E-state index in [4.69, 9.17) is 5.73 Å². The molecule has 2 rings (SSSR count). The number of nitrogens with zero attached hydrogens (tertiary/aromatic N) is 3. The van der Waals surface area contributed by atoms with Gasteiger partial charge in [0.15, 0.2) is 0 Å². The zero-order valence-electron chi connectivity index (χ0n) is 12.5. The Morgan fingerprint density at radius 1 is 1.50 bits per heavy atom. The summed E-state index contributed by atoms with van der Waals surface area (Å²) in [7, 11) is 3.39. The minimum Gasteiger partial charge on any atom is -0.391 e. The molecule has 1 fully saturated rings. The van der Waals surface area contributed by atoms with Gasteiger partial charge in [0, 0.05) is 45.7 Å². The number of halogens is 1. The van der Waals surface area contributed by atoms with Crippen LogP contribution in [-0.4, -0.2) is 60.1 Å². The first-order valence-corrected chi connectivity index (χ1v) is 7.67. The minimum absolute atomic E-state index is 0.0162. The van der Waals surface area contributed by atoms with Crippen molar-refractivity contribution < 1.29 is 14.7 Å². The Bertz CT molecular complexity index is 593. The molecular formula is C14H19BrN4O3. The Morgan fingerprint density at radius 2 is 2.18 bits per heavy atom. The summed E-state index contributed by atoms with van der Waals surface area (Å²) in [6, 6.07) is 1.59. The number of aromatic nitrogens is 1. The molecule has 1 aliphatic rings. The van der Waals surface area contributed by atoms with Crippen LogP contribution in [0.1, 0.15) is 16.9 Å². The summed E-state index contributed by atoms with van der Waals surface area (Å²) < 4.78 is 0.712. The summed E-state index contributed by atoms with van der Waals surface area (Å²) in [6.45, 7) is 0.924. The minimum atomic E-state index is -0.604. The van der Waals surface area contributed by atoms with Crippen LogP contribution in [0, 0.1) is 5.92 Å². The Hall–Kier alpha value is -1.67. The molecule has 1 aliphatic heterocycles. The van der Waals surface area contributed by atoms with E-state index in [9.17, 15) is 14.7 Å².